The summed E-state index contributed by atoms with van der Waals surface area (Å²) in [5.41, 5.74) is 0.968. The topological polar surface area (TPSA) is 87.9 Å². The van der Waals surface area contributed by atoms with Crippen LogP contribution in [0.5, 0.6) is 11.5 Å². The Hall–Kier alpha value is -2.87. The Morgan fingerprint density at radius 2 is 2.00 bits per heavy atom. The number of nitro groups is 1. The molecule has 0 amide bonds. The maximum absolute atomic E-state index is 11.9. The van der Waals surface area contributed by atoms with Crippen LogP contribution < -0.4 is 9.47 Å². The highest BCUT2D eigenvalue weighted by Crippen LogP contribution is 2.37. The predicted octanol–water partition coefficient (Wildman–Crippen LogP) is 3.84. The van der Waals surface area contributed by atoms with Crippen LogP contribution in [0.3, 0.4) is 0 Å². The van der Waals surface area contributed by atoms with Crippen molar-refractivity contribution in [3.63, 3.8) is 0 Å². The summed E-state index contributed by atoms with van der Waals surface area (Å²) >= 11 is 3.38. The molecule has 2 aromatic carbocycles. The number of rotatable bonds is 5. The minimum Gasteiger partial charge on any atom is -0.458 e. The monoisotopic (exact) mass is 405 g/mol. The summed E-state index contributed by atoms with van der Waals surface area (Å²) in [6.45, 7) is 0.181. The van der Waals surface area contributed by atoms with Gasteiger partial charge in [-0.15, -0.1) is 0 Å². The number of carbonyl (C=O) groups is 1. The van der Waals surface area contributed by atoms with E-state index in [-0.39, 0.29) is 19.1 Å². The molecule has 0 fully saturated rings. The molecule has 1 aliphatic heterocycles. The second-order valence-corrected chi connectivity index (χ2v) is 5.91. The van der Waals surface area contributed by atoms with Crippen LogP contribution in [0.2, 0.25) is 0 Å². The normalized spacial score (nSPS) is 12.4. The Balaban J connectivity index is 1.65. The molecule has 0 unspecified atom stereocenters. The van der Waals surface area contributed by atoms with Gasteiger partial charge in [0.15, 0.2) is 11.5 Å². The molecule has 1 heterocycles. The average molecular weight is 406 g/mol. The molecule has 0 atom stereocenters. The molecule has 128 valence electrons. The van der Waals surface area contributed by atoms with E-state index in [4.69, 9.17) is 14.2 Å². The van der Waals surface area contributed by atoms with E-state index in [1.165, 1.54) is 12.1 Å². The van der Waals surface area contributed by atoms with Crippen molar-refractivity contribution in [1.82, 2.24) is 0 Å². The van der Waals surface area contributed by atoms with Gasteiger partial charge in [-0.3, -0.25) is 10.1 Å². The van der Waals surface area contributed by atoms with E-state index in [1.807, 2.05) is 0 Å². The fourth-order valence-electron chi connectivity index (χ4n) is 2.22. The van der Waals surface area contributed by atoms with Gasteiger partial charge in [-0.2, -0.15) is 0 Å². The van der Waals surface area contributed by atoms with Gasteiger partial charge in [-0.1, -0.05) is 28.1 Å². The number of benzene rings is 2. The maximum atomic E-state index is 11.9. The third-order valence-electron chi connectivity index (χ3n) is 3.44. The lowest BCUT2D eigenvalue weighted by molar-refractivity contribution is -0.385. The molecular formula is C17H12BrNO6. The van der Waals surface area contributed by atoms with Crippen LogP contribution in [0, 0.1) is 10.1 Å². The van der Waals surface area contributed by atoms with Crippen molar-refractivity contribution in [1.29, 1.82) is 0 Å². The number of para-hydroxylation sites is 1. The average Bonchev–Trinajstić information content (AvgIpc) is 3.05. The molecule has 0 aliphatic carbocycles. The first kappa shape index (κ1) is 17.0. The lowest BCUT2D eigenvalue weighted by atomic mass is 10.1. The molecule has 0 aromatic heterocycles. The molecule has 0 spiro atoms. The zero-order chi connectivity index (χ0) is 17.8. The highest BCUT2D eigenvalue weighted by atomic mass is 79.9. The van der Waals surface area contributed by atoms with E-state index in [9.17, 15) is 14.9 Å². The van der Waals surface area contributed by atoms with Crippen molar-refractivity contribution in [3.05, 3.63) is 68.2 Å². The van der Waals surface area contributed by atoms with Gasteiger partial charge in [0, 0.05) is 22.2 Å². The zero-order valence-corrected chi connectivity index (χ0v) is 14.4. The summed E-state index contributed by atoms with van der Waals surface area (Å²) in [7, 11) is 0. The number of hydrogen-bond acceptors (Lipinski definition) is 6. The summed E-state index contributed by atoms with van der Waals surface area (Å²) in [5, 5.41) is 10.9. The van der Waals surface area contributed by atoms with E-state index in [0.717, 1.165) is 16.1 Å². The Labute approximate surface area is 151 Å². The van der Waals surface area contributed by atoms with E-state index in [1.54, 1.807) is 30.3 Å². The number of nitro benzene ring substituents is 1. The standard InChI is InChI=1S/C17H12BrNO6/c18-13-8-16-15(24-10-25-16)7-12(13)9-23-17(20)6-5-11-3-1-2-4-14(11)19(21)22/h1-8H,9-10H2/b6-5+. The van der Waals surface area contributed by atoms with Gasteiger partial charge in [-0.25, -0.2) is 4.79 Å². The van der Waals surface area contributed by atoms with Crippen LogP contribution in [0.4, 0.5) is 5.69 Å². The van der Waals surface area contributed by atoms with Gasteiger partial charge in [0.2, 0.25) is 6.79 Å². The van der Waals surface area contributed by atoms with Gasteiger partial charge in [0.05, 0.1) is 10.5 Å². The molecule has 0 N–H and O–H groups in total. The van der Waals surface area contributed by atoms with Crippen molar-refractivity contribution in [3.8, 4) is 11.5 Å². The van der Waals surface area contributed by atoms with Gasteiger partial charge < -0.3 is 14.2 Å². The molecule has 25 heavy (non-hydrogen) atoms. The Morgan fingerprint density at radius 3 is 2.76 bits per heavy atom. The molecule has 3 rings (SSSR count). The number of hydrogen-bond donors (Lipinski definition) is 0. The predicted molar refractivity (Wildman–Crippen MR) is 92.2 cm³/mol. The molecule has 0 saturated heterocycles. The van der Waals surface area contributed by atoms with Crippen molar-refractivity contribution < 1.29 is 23.9 Å². The second-order valence-electron chi connectivity index (χ2n) is 5.05. The SMILES string of the molecule is O=C(/C=C/c1ccccc1[N+](=O)[O-])OCc1cc2c(cc1Br)OCO2. The number of fused-ring (bicyclic) bond motifs is 1. The molecular weight excluding hydrogens is 394 g/mol. The molecule has 7 nitrogen and oxygen atoms in total. The Morgan fingerprint density at radius 1 is 1.28 bits per heavy atom. The Kier molecular flexibility index (Phi) is 4.99. The van der Waals surface area contributed by atoms with E-state index < -0.39 is 10.9 Å². The lowest BCUT2D eigenvalue weighted by Crippen LogP contribution is -2.01. The van der Waals surface area contributed by atoms with Crippen molar-refractivity contribution in [2.45, 2.75) is 6.61 Å². The third kappa shape index (κ3) is 3.97. The van der Waals surface area contributed by atoms with Crippen LogP contribution >= 0.6 is 15.9 Å². The molecule has 0 bridgehead atoms. The van der Waals surface area contributed by atoms with Crippen LogP contribution in [0.25, 0.3) is 6.08 Å². The minimum atomic E-state index is -0.609. The fraction of sp³-hybridized carbons (Fsp3) is 0.118. The van der Waals surface area contributed by atoms with Gasteiger partial charge in [0.1, 0.15) is 6.61 Å². The third-order valence-corrected chi connectivity index (χ3v) is 4.18. The van der Waals surface area contributed by atoms with Crippen molar-refractivity contribution in [2.24, 2.45) is 0 Å². The van der Waals surface area contributed by atoms with Crippen LogP contribution in [0.1, 0.15) is 11.1 Å². The first-order valence-electron chi connectivity index (χ1n) is 7.21. The van der Waals surface area contributed by atoms with Crippen LogP contribution in [-0.2, 0) is 16.1 Å². The van der Waals surface area contributed by atoms with E-state index in [2.05, 4.69) is 15.9 Å². The first-order chi connectivity index (χ1) is 12.0. The molecule has 0 radical (unpaired) electrons. The summed E-state index contributed by atoms with van der Waals surface area (Å²) in [6, 6.07) is 9.61. The minimum absolute atomic E-state index is 0.0251. The molecule has 1 aliphatic rings. The quantitative estimate of drug-likeness (QED) is 0.325. The van der Waals surface area contributed by atoms with E-state index in [0.29, 0.717) is 17.1 Å². The van der Waals surface area contributed by atoms with Crippen molar-refractivity contribution >= 4 is 33.7 Å². The number of ether oxygens (including phenoxy) is 3. The summed E-state index contributed by atoms with van der Waals surface area (Å²) < 4.78 is 16.4. The summed E-state index contributed by atoms with van der Waals surface area (Å²) in [4.78, 5) is 22.3. The second kappa shape index (κ2) is 7.35. The van der Waals surface area contributed by atoms with Crippen LogP contribution in [-0.4, -0.2) is 17.7 Å². The highest BCUT2D eigenvalue weighted by Gasteiger charge is 2.17. The number of nitrogens with zero attached hydrogens (tertiary/aromatic N) is 1. The smallest absolute Gasteiger partial charge is 0.331 e. The van der Waals surface area contributed by atoms with Crippen LogP contribution in [0.15, 0.2) is 46.9 Å². The van der Waals surface area contributed by atoms with Gasteiger partial charge in [0.25, 0.3) is 5.69 Å². The number of halogens is 1. The van der Waals surface area contributed by atoms with Gasteiger partial charge >= 0.3 is 5.97 Å². The lowest BCUT2D eigenvalue weighted by Gasteiger charge is -2.06. The van der Waals surface area contributed by atoms with Gasteiger partial charge in [-0.05, 0) is 24.3 Å². The molecule has 8 heteroatoms. The highest BCUT2D eigenvalue weighted by molar-refractivity contribution is 9.10. The number of carbonyl (C=O) groups excluding carboxylic acids is 1. The first-order valence-corrected chi connectivity index (χ1v) is 8.00. The fourth-order valence-corrected chi connectivity index (χ4v) is 2.66. The summed E-state index contributed by atoms with van der Waals surface area (Å²) in [5.74, 6) is 0.602. The largest absolute Gasteiger partial charge is 0.458 e. The number of esters is 1. The molecule has 2 aromatic rings. The van der Waals surface area contributed by atoms with E-state index >= 15 is 0 Å². The zero-order valence-electron chi connectivity index (χ0n) is 12.8. The maximum Gasteiger partial charge on any atom is 0.331 e. The Bertz CT molecular complexity index is 864. The molecule has 0 saturated carbocycles. The van der Waals surface area contributed by atoms with Crippen molar-refractivity contribution in [2.75, 3.05) is 6.79 Å². The summed E-state index contributed by atoms with van der Waals surface area (Å²) in [6.07, 6.45) is 2.51.